The number of carbonyl (C=O) groups excluding carboxylic acids is 1. The molecule has 1 aromatic carbocycles. The number of aromatic nitrogens is 1. The molecule has 0 spiro atoms. The summed E-state index contributed by atoms with van der Waals surface area (Å²) in [4.78, 5) is 16.4. The van der Waals surface area contributed by atoms with Crippen molar-refractivity contribution in [1.82, 2.24) is 9.88 Å². The van der Waals surface area contributed by atoms with Crippen LogP contribution in [0.25, 0.3) is 10.9 Å². The van der Waals surface area contributed by atoms with E-state index in [0.717, 1.165) is 43.3 Å². The summed E-state index contributed by atoms with van der Waals surface area (Å²) >= 11 is 0. The van der Waals surface area contributed by atoms with E-state index in [9.17, 15) is 9.18 Å². The van der Waals surface area contributed by atoms with Gasteiger partial charge in [-0.05, 0) is 48.9 Å². The van der Waals surface area contributed by atoms with Crippen molar-refractivity contribution in [3.05, 3.63) is 35.8 Å². The standard InChI is InChI=1S/C16H19FN2O/c1-11(20)19-6-4-12(5-7-19)8-13-10-18-16-9-14(17)2-3-15(13)16/h2-3,9-10,12,18H,4-8H2,1H3. The number of nitrogens with zero attached hydrogens (tertiary/aromatic N) is 1. The first-order valence-electron chi connectivity index (χ1n) is 7.14. The SMILES string of the molecule is CC(=O)N1CCC(Cc2c[nH]c3cc(F)ccc23)CC1. The number of aromatic amines is 1. The van der Waals surface area contributed by atoms with Gasteiger partial charge in [-0.15, -0.1) is 0 Å². The third-order valence-electron chi connectivity index (χ3n) is 4.30. The third kappa shape index (κ3) is 2.55. The fraction of sp³-hybridized carbons (Fsp3) is 0.438. The molecule has 3 nitrogen and oxygen atoms in total. The number of rotatable bonds is 2. The molecule has 2 heterocycles. The maximum absolute atomic E-state index is 13.2. The van der Waals surface area contributed by atoms with Crippen LogP contribution in [0.1, 0.15) is 25.3 Å². The molecule has 2 aromatic rings. The Hall–Kier alpha value is -1.84. The Bertz CT molecular complexity index is 626. The average molecular weight is 274 g/mol. The topological polar surface area (TPSA) is 36.1 Å². The number of hydrogen-bond acceptors (Lipinski definition) is 1. The Labute approximate surface area is 117 Å². The molecule has 3 rings (SSSR count). The second kappa shape index (κ2) is 5.27. The van der Waals surface area contributed by atoms with Gasteiger partial charge in [0.25, 0.3) is 0 Å². The van der Waals surface area contributed by atoms with E-state index in [1.54, 1.807) is 6.92 Å². The molecular weight excluding hydrogens is 255 g/mol. The van der Waals surface area contributed by atoms with Crippen LogP contribution in [0.15, 0.2) is 24.4 Å². The fourth-order valence-corrected chi connectivity index (χ4v) is 3.09. The van der Waals surface area contributed by atoms with Gasteiger partial charge in [-0.25, -0.2) is 4.39 Å². The zero-order valence-electron chi connectivity index (χ0n) is 11.7. The number of carbonyl (C=O) groups is 1. The molecule has 0 bridgehead atoms. The average Bonchev–Trinajstić information content (AvgIpc) is 2.81. The van der Waals surface area contributed by atoms with Crippen LogP contribution < -0.4 is 0 Å². The van der Waals surface area contributed by atoms with Crippen LogP contribution in [0, 0.1) is 11.7 Å². The number of amides is 1. The van der Waals surface area contributed by atoms with Crippen LogP contribution in [0.2, 0.25) is 0 Å². The number of likely N-dealkylation sites (tertiary alicyclic amines) is 1. The Morgan fingerprint density at radius 1 is 1.40 bits per heavy atom. The largest absolute Gasteiger partial charge is 0.361 e. The first kappa shape index (κ1) is 13.2. The van der Waals surface area contributed by atoms with Gasteiger partial charge in [0.2, 0.25) is 5.91 Å². The Kier molecular flexibility index (Phi) is 3.47. The van der Waals surface area contributed by atoms with E-state index < -0.39 is 0 Å². The van der Waals surface area contributed by atoms with Crippen molar-refractivity contribution < 1.29 is 9.18 Å². The summed E-state index contributed by atoms with van der Waals surface area (Å²) in [5.41, 5.74) is 2.11. The highest BCUT2D eigenvalue weighted by Gasteiger charge is 2.21. The molecule has 106 valence electrons. The maximum atomic E-state index is 13.2. The Morgan fingerprint density at radius 2 is 2.15 bits per heavy atom. The first-order valence-corrected chi connectivity index (χ1v) is 7.14. The number of nitrogens with one attached hydrogen (secondary N) is 1. The van der Waals surface area contributed by atoms with Crippen molar-refractivity contribution in [1.29, 1.82) is 0 Å². The monoisotopic (exact) mass is 274 g/mol. The maximum Gasteiger partial charge on any atom is 0.219 e. The molecule has 20 heavy (non-hydrogen) atoms. The molecule has 4 heteroatoms. The highest BCUT2D eigenvalue weighted by Crippen LogP contribution is 2.26. The summed E-state index contributed by atoms with van der Waals surface area (Å²) in [7, 11) is 0. The van der Waals surface area contributed by atoms with Gasteiger partial charge in [0.05, 0.1) is 0 Å². The van der Waals surface area contributed by atoms with E-state index in [0.29, 0.717) is 5.92 Å². The first-order chi connectivity index (χ1) is 9.63. The van der Waals surface area contributed by atoms with E-state index in [1.807, 2.05) is 17.2 Å². The molecule has 0 atom stereocenters. The smallest absolute Gasteiger partial charge is 0.219 e. The quantitative estimate of drug-likeness (QED) is 0.897. The van der Waals surface area contributed by atoms with Crippen molar-refractivity contribution in [2.45, 2.75) is 26.2 Å². The van der Waals surface area contributed by atoms with E-state index in [2.05, 4.69) is 4.98 Å². The molecule has 1 saturated heterocycles. The molecule has 0 saturated carbocycles. The summed E-state index contributed by atoms with van der Waals surface area (Å²) < 4.78 is 13.2. The summed E-state index contributed by atoms with van der Waals surface area (Å²) in [5, 5.41) is 1.11. The molecule has 1 amide bonds. The number of benzene rings is 1. The van der Waals surface area contributed by atoms with Gasteiger partial charge in [0.15, 0.2) is 0 Å². The molecule has 1 aliphatic rings. The molecule has 0 aliphatic carbocycles. The zero-order valence-corrected chi connectivity index (χ0v) is 11.7. The number of piperidine rings is 1. The molecule has 1 aromatic heterocycles. The van der Waals surface area contributed by atoms with Crippen LogP contribution in [0.3, 0.4) is 0 Å². The number of fused-ring (bicyclic) bond motifs is 1. The number of halogens is 1. The summed E-state index contributed by atoms with van der Waals surface area (Å²) in [6.07, 6.45) is 5.08. The molecule has 1 aliphatic heterocycles. The second-order valence-electron chi connectivity index (χ2n) is 5.66. The lowest BCUT2D eigenvalue weighted by Crippen LogP contribution is -2.37. The molecule has 0 radical (unpaired) electrons. The van der Waals surface area contributed by atoms with Gasteiger partial charge in [0, 0.05) is 37.1 Å². The summed E-state index contributed by atoms with van der Waals surface area (Å²) in [6, 6.07) is 4.90. The lowest BCUT2D eigenvalue weighted by molar-refractivity contribution is -0.130. The summed E-state index contributed by atoms with van der Waals surface area (Å²) in [5.74, 6) is 0.571. The van der Waals surface area contributed by atoms with E-state index in [4.69, 9.17) is 0 Å². The highest BCUT2D eigenvalue weighted by molar-refractivity contribution is 5.83. The van der Waals surface area contributed by atoms with Crippen molar-refractivity contribution in [2.24, 2.45) is 5.92 Å². The third-order valence-corrected chi connectivity index (χ3v) is 4.30. The van der Waals surface area contributed by atoms with Crippen LogP contribution in [-0.2, 0) is 11.2 Å². The predicted octanol–water partition coefficient (Wildman–Crippen LogP) is 3.11. The van der Waals surface area contributed by atoms with Crippen molar-refractivity contribution in [2.75, 3.05) is 13.1 Å². The normalized spacial score (nSPS) is 16.8. The van der Waals surface area contributed by atoms with E-state index in [1.165, 1.54) is 17.7 Å². The lowest BCUT2D eigenvalue weighted by Gasteiger charge is -2.31. The Balaban J connectivity index is 1.70. The van der Waals surface area contributed by atoms with Crippen molar-refractivity contribution in [3.63, 3.8) is 0 Å². The van der Waals surface area contributed by atoms with E-state index in [-0.39, 0.29) is 11.7 Å². The summed E-state index contributed by atoms with van der Waals surface area (Å²) in [6.45, 7) is 3.35. The Morgan fingerprint density at radius 3 is 2.85 bits per heavy atom. The van der Waals surface area contributed by atoms with Gasteiger partial charge < -0.3 is 9.88 Å². The fourth-order valence-electron chi connectivity index (χ4n) is 3.09. The van der Waals surface area contributed by atoms with Gasteiger partial charge in [-0.3, -0.25) is 4.79 Å². The molecule has 0 unspecified atom stereocenters. The van der Waals surface area contributed by atoms with Gasteiger partial charge in [0.1, 0.15) is 5.82 Å². The van der Waals surface area contributed by atoms with Gasteiger partial charge >= 0.3 is 0 Å². The van der Waals surface area contributed by atoms with Crippen molar-refractivity contribution >= 4 is 16.8 Å². The minimum absolute atomic E-state index is 0.172. The van der Waals surface area contributed by atoms with Crippen LogP contribution in [0.5, 0.6) is 0 Å². The minimum atomic E-state index is -0.208. The van der Waals surface area contributed by atoms with Gasteiger partial charge in [-0.2, -0.15) is 0 Å². The van der Waals surface area contributed by atoms with Gasteiger partial charge in [-0.1, -0.05) is 0 Å². The number of hydrogen-bond donors (Lipinski definition) is 1. The highest BCUT2D eigenvalue weighted by atomic mass is 19.1. The van der Waals surface area contributed by atoms with Crippen LogP contribution in [-0.4, -0.2) is 28.9 Å². The predicted molar refractivity (Wildman–Crippen MR) is 76.9 cm³/mol. The molecule has 1 fully saturated rings. The van der Waals surface area contributed by atoms with Crippen LogP contribution >= 0.6 is 0 Å². The van der Waals surface area contributed by atoms with E-state index >= 15 is 0 Å². The van der Waals surface area contributed by atoms with Crippen LogP contribution in [0.4, 0.5) is 4.39 Å². The lowest BCUT2D eigenvalue weighted by atomic mass is 9.90. The molecular formula is C16H19FN2O. The second-order valence-corrected chi connectivity index (χ2v) is 5.66. The zero-order chi connectivity index (χ0) is 14.1. The molecule has 1 N–H and O–H groups in total. The minimum Gasteiger partial charge on any atom is -0.361 e. The number of H-pyrrole nitrogens is 1. The van der Waals surface area contributed by atoms with Crippen molar-refractivity contribution in [3.8, 4) is 0 Å².